The molecule has 0 bridgehead atoms. The molecule has 0 amide bonds. The lowest BCUT2D eigenvalue weighted by molar-refractivity contribution is -0.111. The van der Waals surface area contributed by atoms with Crippen molar-refractivity contribution in [2.24, 2.45) is 5.92 Å². The molecule has 1 rings (SSSR count). The molecule has 1 saturated heterocycles. The summed E-state index contributed by atoms with van der Waals surface area (Å²) in [6.45, 7) is 0. The van der Waals surface area contributed by atoms with Crippen molar-refractivity contribution in [3.8, 4) is 0 Å². The fourth-order valence-electron chi connectivity index (χ4n) is 1.01. The van der Waals surface area contributed by atoms with Gasteiger partial charge in [-0.25, -0.2) is 0 Å². The third-order valence-corrected chi connectivity index (χ3v) is 3.09. The Hall–Kier alpha value is -0.310. The van der Waals surface area contributed by atoms with E-state index in [-0.39, 0.29) is 11.2 Å². The predicted molar refractivity (Wildman–Crippen MR) is 41.1 cm³/mol. The molecule has 56 valence electrons. The average molecular weight is 158 g/mol. The van der Waals surface area contributed by atoms with Gasteiger partial charge in [-0.3, -0.25) is 0 Å². The molecule has 0 saturated carbocycles. The molecule has 1 aliphatic heterocycles. The van der Waals surface area contributed by atoms with E-state index in [0.29, 0.717) is 0 Å². The summed E-state index contributed by atoms with van der Waals surface area (Å²) in [6, 6.07) is 0. The molecule has 2 unspecified atom stereocenters. The molecule has 1 aliphatic rings. The summed E-state index contributed by atoms with van der Waals surface area (Å²) in [7, 11) is 0. The van der Waals surface area contributed by atoms with Gasteiger partial charge in [-0.1, -0.05) is 0 Å². The van der Waals surface area contributed by atoms with Crippen molar-refractivity contribution in [2.75, 3.05) is 5.75 Å². The van der Waals surface area contributed by atoms with Gasteiger partial charge < -0.3 is 9.59 Å². The maximum atomic E-state index is 10.3. The van der Waals surface area contributed by atoms with Crippen LogP contribution >= 0.6 is 11.8 Å². The van der Waals surface area contributed by atoms with E-state index in [2.05, 4.69) is 0 Å². The lowest BCUT2D eigenvalue weighted by Crippen LogP contribution is -2.19. The van der Waals surface area contributed by atoms with Crippen molar-refractivity contribution in [1.82, 2.24) is 0 Å². The minimum Gasteiger partial charge on any atom is -0.303 e. The molecule has 3 heteroatoms. The van der Waals surface area contributed by atoms with Crippen molar-refractivity contribution in [2.45, 2.75) is 18.1 Å². The number of hydrogen-bond acceptors (Lipinski definition) is 3. The summed E-state index contributed by atoms with van der Waals surface area (Å²) in [6.07, 6.45) is 3.73. The maximum absolute atomic E-state index is 10.3. The van der Waals surface area contributed by atoms with Gasteiger partial charge in [0.05, 0.1) is 5.25 Å². The van der Waals surface area contributed by atoms with Gasteiger partial charge in [0.2, 0.25) is 0 Å². The first-order chi connectivity index (χ1) is 4.86. The molecule has 1 heterocycles. The van der Waals surface area contributed by atoms with Gasteiger partial charge in [-0.2, -0.15) is 11.8 Å². The summed E-state index contributed by atoms with van der Waals surface area (Å²) in [5.74, 6) is 1.02. The summed E-state index contributed by atoms with van der Waals surface area (Å²) in [4.78, 5) is 20.5. The molecule has 0 N–H and O–H groups in total. The third-order valence-electron chi connectivity index (χ3n) is 1.69. The van der Waals surface area contributed by atoms with Crippen LogP contribution in [0.2, 0.25) is 0 Å². The molecule has 0 aliphatic carbocycles. The lowest BCUT2D eigenvalue weighted by Gasteiger charge is -2.20. The second kappa shape index (κ2) is 3.76. The van der Waals surface area contributed by atoms with Crippen LogP contribution in [0.1, 0.15) is 12.8 Å². The minimum atomic E-state index is 0.149. The van der Waals surface area contributed by atoms with Gasteiger partial charge in [0.1, 0.15) is 12.6 Å². The fraction of sp³-hybridized carbons (Fsp3) is 0.714. The van der Waals surface area contributed by atoms with Crippen LogP contribution in [0, 0.1) is 5.92 Å². The first-order valence-electron chi connectivity index (χ1n) is 3.39. The summed E-state index contributed by atoms with van der Waals surface area (Å²) >= 11 is 1.60. The summed E-state index contributed by atoms with van der Waals surface area (Å²) in [5, 5.41) is 0.149. The van der Waals surface area contributed by atoms with E-state index in [1.807, 2.05) is 0 Å². The topological polar surface area (TPSA) is 34.1 Å². The highest BCUT2D eigenvalue weighted by atomic mass is 32.2. The zero-order valence-electron chi connectivity index (χ0n) is 5.66. The van der Waals surface area contributed by atoms with Crippen LogP contribution < -0.4 is 0 Å². The largest absolute Gasteiger partial charge is 0.303 e. The second-order valence-corrected chi connectivity index (χ2v) is 3.75. The molecule has 1 fully saturated rings. The average Bonchev–Trinajstić information content (AvgIpc) is 2.05. The Labute approximate surface area is 64.4 Å². The Morgan fingerprint density at radius 1 is 1.20 bits per heavy atom. The highest BCUT2D eigenvalue weighted by Crippen LogP contribution is 2.26. The molecule has 0 radical (unpaired) electrons. The quantitative estimate of drug-likeness (QED) is 0.560. The number of thioether (sulfide) groups is 1. The number of hydrogen-bond donors (Lipinski definition) is 0. The van der Waals surface area contributed by atoms with Crippen LogP contribution in [0.15, 0.2) is 0 Å². The Balaban J connectivity index is 2.30. The third kappa shape index (κ3) is 1.84. The molecule has 2 nitrogen and oxygen atoms in total. The Morgan fingerprint density at radius 3 is 2.40 bits per heavy atom. The van der Waals surface area contributed by atoms with E-state index in [0.717, 1.165) is 31.2 Å². The molecule has 0 aromatic rings. The van der Waals surface area contributed by atoms with Crippen molar-refractivity contribution in [3.05, 3.63) is 0 Å². The lowest BCUT2D eigenvalue weighted by atomic mass is 10.1. The second-order valence-electron chi connectivity index (χ2n) is 2.48. The van der Waals surface area contributed by atoms with E-state index >= 15 is 0 Å². The Kier molecular flexibility index (Phi) is 2.93. The SMILES string of the molecule is O=CC1CCC(C=O)SC1. The number of rotatable bonds is 2. The number of aldehydes is 2. The van der Waals surface area contributed by atoms with Crippen molar-refractivity contribution in [1.29, 1.82) is 0 Å². The van der Waals surface area contributed by atoms with Crippen LogP contribution in [0.5, 0.6) is 0 Å². The van der Waals surface area contributed by atoms with Crippen molar-refractivity contribution < 1.29 is 9.59 Å². The van der Waals surface area contributed by atoms with Gasteiger partial charge in [-0.15, -0.1) is 0 Å². The van der Waals surface area contributed by atoms with Crippen LogP contribution in [0.4, 0.5) is 0 Å². The van der Waals surface area contributed by atoms with Crippen LogP contribution in [-0.2, 0) is 9.59 Å². The van der Waals surface area contributed by atoms with E-state index < -0.39 is 0 Å². The van der Waals surface area contributed by atoms with Crippen LogP contribution in [0.25, 0.3) is 0 Å². The zero-order chi connectivity index (χ0) is 7.40. The fourth-order valence-corrected chi connectivity index (χ4v) is 2.13. The van der Waals surface area contributed by atoms with E-state index in [1.165, 1.54) is 0 Å². The monoisotopic (exact) mass is 158 g/mol. The Morgan fingerprint density at radius 2 is 2.00 bits per heavy atom. The van der Waals surface area contributed by atoms with Crippen LogP contribution in [0.3, 0.4) is 0 Å². The highest BCUT2D eigenvalue weighted by Gasteiger charge is 2.19. The summed E-state index contributed by atoms with van der Waals surface area (Å²) < 4.78 is 0. The van der Waals surface area contributed by atoms with Gasteiger partial charge in [0.25, 0.3) is 0 Å². The molecule has 0 aromatic carbocycles. The van der Waals surface area contributed by atoms with Gasteiger partial charge in [0, 0.05) is 11.7 Å². The van der Waals surface area contributed by atoms with E-state index in [9.17, 15) is 9.59 Å². The van der Waals surface area contributed by atoms with Gasteiger partial charge >= 0.3 is 0 Å². The Bertz CT molecular complexity index is 112. The normalized spacial score (nSPS) is 33.2. The molecule has 2 atom stereocenters. The maximum Gasteiger partial charge on any atom is 0.132 e. The molecular formula is C7H10O2S. The first-order valence-corrected chi connectivity index (χ1v) is 4.44. The molecular weight excluding hydrogens is 148 g/mol. The van der Waals surface area contributed by atoms with E-state index in [4.69, 9.17) is 0 Å². The predicted octanol–water partition coefficient (Wildman–Crippen LogP) is 0.896. The highest BCUT2D eigenvalue weighted by molar-refractivity contribution is 8.00. The standard InChI is InChI=1S/C7H10O2S/c8-3-6-1-2-7(4-9)10-5-6/h3-4,6-7H,1-2,5H2. The van der Waals surface area contributed by atoms with Crippen molar-refractivity contribution in [3.63, 3.8) is 0 Å². The van der Waals surface area contributed by atoms with E-state index in [1.54, 1.807) is 11.8 Å². The zero-order valence-corrected chi connectivity index (χ0v) is 6.47. The van der Waals surface area contributed by atoms with Gasteiger partial charge in [-0.05, 0) is 12.8 Å². The number of carbonyl (C=O) groups excluding carboxylic acids is 2. The number of carbonyl (C=O) groups is 2. The van der Waals surface area contributed by atoms with Gasteiger partial charge in [0.15, 0.2) is 0 Å². The smallest absolute Gasteiger partial charge is 0.132 e. The molecule has 0 spiro atoms. The minimum absolute atomic E-state index is 0.149. The summed E-state index contributed by atoms with van der Waals surface area (Å²) in [5.41, 5.74) is 0. The molecule has 10 heavy (non-hydrogen) atoms. The first kappa shape index (κ1) is 7.79. The van der Waals surface area contributed by atoms with Crippen LogP contribution in [-0.4, -0.2) is 23.6 Å². The van der Waals surface area contributed by atoms with Crippen molar-refractivity contribution >= 4 is 24.3 Å². The molecule has 0 aromatic heterocycles.